The highest BCUT2D eigenvalue weighted by Gasteiger charge is 2.53. The fourth-order valence-corrected chi connectivity index (χ4v) is 5.16. The van der Waals surface area contributed by atoms with Crippen LogP contribution >= 0.6 is 0 Å². The predicted octanol–water partition coefficient (Wildman–Crippen LogP) is 5.10. The Morgan fingerprint density at radius 1 is 0.972 bits per heavy atom. The van der Waals surface area contributed by atoms with Gasteiger partial charge in [0.1, 0.15) is 24.1 Å². The minimum absolute atomic E-state index is 0.0519. The van der Waals surface area contributed by atoms with Crippen molar-refractivity contribution in [3.8, 4) is 6.07 Å². The molecule has 1 unspecified atom stereocenters. The summed E-state index contributed by atoms with van der Waals surface area (Å²) in [5.41, 5.74) is 2.59. The van der Waals surface area contributed by atoms with E-state index in [0.717, 1.165) is 11.1 Å². The first kappa shape index (κ1) is 24.0. The summed E-state index contributed by atoms with van der Waals surface area (Å²) >= 11 is 0. The standard InChI is InChI=1S/C29H28FN3O3/c1-29(2)35-26-24(16-19-9-5-3-6-10-19)33(18-20-13-14-23(30)22(15-20)17-31)28(34)32-25(27(26)36-29)21-11-7-4-8-12-21/h3-15,24-27H,16,18H2,1-2H3,(H,32,34)/t24-,25?,26+,27+/m1/s1. The Labute approximate surface area is 210 Å². The molecule has 0 saturated carbocycles. The van der Waals surface area contributed by atoms with Gasteiger partial charge in [0.05, 0.1) is 17.6 Å². The maximum absolute atomic E-state index is 14.0. The van der Waals surface area contributed by atoms with Crippen LogP contribution in [0.4, 0.5) is 9.18 Å². The Hall–Kier alpha value is -3.73. The van der Waals surface area contributed by atoms with Gasteiger partial charge in [-0.05, 0) is 49.1 Å². The number of ether oxygens (including phenoxy) is 2. The fourth-order valence-electron chi connectivity index (χ4n) is 5.16. The molecule has 1 N–H and O–H groups in total. The predicted molar refractivity (Wildman–Crippen MR) is 132 cm³/mol. The summed E-state index contributed by atoms with van der Waals surface area (Å²) in [6.07, 6.45) is -0.309. The number of nitrogens with zero attached hydrogens (tertiary/aromatic N) is 2. The van der Waals surface area contributed by atoms with Crippen LogP contribution in [0.2, 0.25) is 0 Å². The lowest BCUT2D eigenvalue weighted by molar-refractivity contribution is -0.154. The average Bonchev–Trinajstić information content (AvgIpc) is 3.16. The Balaban J connectivity index is 1.58. The zero-order valence-electron chi connectivity index (χ0n) is 20.2. The van der Waals surface area contributed by atoms with Gasteiger partial charge in [-0.2, -0.15) is 5.26 Å². The van der Waals surface area contributed by atoms with Gasteiger partial charge in [0.15, 0.2) is 5.79 Å². The first-order valence-electron chi connectivity index (χ1n) is 12.0. The van der Waals surface area contributed by atoms with Crippen LogP contribution in [0.3, 0.4) is 0 Å². The third-order valence-electron chi connectivity index (χ3n) is 6.76. The molecule has 5 rings (SSSR count). The molecule has 2 aliphatic rings. The molecular weight excluding hydrogens is 457 g/mol. The molecule has 0 aromatic heterocycles. The van der Waals surface area contributed by atoms with E-state index in [0.29, 0.717) is 12.0 Å². The molecule has 2 aliphatic heterocycles. The van der Waals surface area contributed by atoms with Crippen molar-refractivity contribution < 1.29 is 18.7 Å². The van der Waals surface area contributed by atoms with Crippen molar-refractivity contribution in [3.05, 3.63) is 107 Å². The lowest BCUT2D eigenvalue weighted by Crippen LogP contribution is -2.50. The summed E-state index contributed by atoms with van der Waals surface area (Å²) in [5.74, 6) is -1.42. The maximum Gasteiger partial charge on any atom is 0.318 e. The highest BCUT2D eigenvalue weighted by Crippen LogP contribution is 2.41. The van der Waals surface area contributed by atoms with Crippen LogP contribution < -0.4 is 5.32 Å². The zero-order chi connectivity index (χ0) is 25.3. The van der Waals surface area contributed by atoms with Crippen LogP contribution in [0.15, 0.2) is 78.9 Å². The first-order chi connectivity index (χ1) is 17.3. The molecule has 0 radical (unpaired) electrons. The molecular formula is C29H28FN3O3. The lowest BCUT2D eigenvalue weighted by atomic mass is 9.91. The van der Waals surface area contributed by atoms with Gasteiger partial charge in [-0.15, -0.1) is 0 Å². The van der Waals surface area contributed by atoms with E-state index >= 15 is 0 Å². The van der Waals surface area contributed by atoms with Crippen molar-refractivity contribution in [1.29, 1.82) is 5.26 Å². The Bertz CT molecular complexity index is 1280. The van der Waals surface area contributed by atoms with Crippen molar-refractivity contribution in [1.82, 2.24) is 10.2 Å². The van der Waals surface area contributed by atoms with E-state index in [1.165, 1.54) is 12.1 Å². The minimum Gasteiger partial charge on any atom is -0.342 e. The van der Waals surface area contributed by atoms with Gasteiger partial charge < -0.3 is 19.7 Å². The fraction of sp³-hybridized carbons (Fsp3) is 0.310. The van der Waals surface area contributed by atoms with Crippen molar-refractivity contribution in [3.63, 3.8) is 0 Å². The van der Waals surface area contributed by atoms with Crippen molar-refractivity contribution in [2.45, 2.75) is 56.9 Å². The quantitative estimate of drug-likeness (QED) is 0.546. The van der Waals surface area contributed by atoms with Gasteiger partial charge in [-0.1, -0.05) is 66.7 Å². The molecule has 3 aromatic rings. The molecule has 0 bridgehead atoms. The molecule has 2 fully saturated rings. The normalized spacial score (nSPS) is 24.9. The number of carbonyl (C=O) groups excluding carboxylic acids is 1. The number of urea groups is 1. The molecule has 184 valence electrons. The van der Waals surface area contributed by atoms with Gasteiger partial charge in [0.2, 0.25) is 0 Å². The number of rotatable bonds is 5. The molecule has 6 nitrogen and oxygen atoms in total. The average molecular weight is 486 g/mol. The van der Waals surface area contributed by atoms with E-state index in [2.05, 4.69) is 5.32 Å². The van der Waals surface area contributed by atoms with Crippen LogP contribution in [0.25, 0.3) is 0 Å². The number of nitrogens with one attached hydrogen (secondary N) is 1. The second kappa shape index (κ2) is 9.73. The third kappa shape index (κ3) is 4.83. The highest BCUT2D eigenvalue weighted by molar-refractivity contribution is 5.76. The minimum atomic E-state index is -0.838. The van der Waals surface area contributed by atoms with Crippen molar-refractivity contribution in [2.75, 3.05) is 0 Å². The maximum atomic E-state index is 14.0. The van der Waals surface area contributed by atoms with Gasteiger partial charge in [0.25, 0.3) is 0 Å². The molecule has 2 saturated heterocycles. The van der Waals surface area contributed by atoms with Crippen LogP contribution in [-0.2, 0) is 22.4 Å². The third-order valence-corrected chi connectivity index (χ3v) is 6.76. The Kier molecular flexibility index (Phi) is 6.48. The van der Waals surface area contributed by atoms with Crippen molar-refractivity contribution in [2.24, 2.45) is 0 Å². The molecule has 7 heteroatoms. The number of nitriles is 1. The summed E-state index contributed by atoms with van der Waals surface area (Å²) in [4.78, 5) is 15.5. The summed E-state index contributed by atoms with van der Waals surface area (Å²) < 4.78 is 26.9. The number of hydrogen-bond donors (Lipinski definition) is 1. The smallest absolute Gasteiger partial charge is 0.318 e. The highest BCUT2D eigenvalue weighted by atomic mass is 19.1. The van der Waals surface area contributed by atoms with Crippen LogP contribution in [-0.4, -0.2) is 35.0 Å². The van der Waals surface area contributed by atoms with Crippen LogP contribution in [0.5, 0.6) is 0 Å². The van der Waals surface area contributed by atoms with Gasteiger partial charge in [-0.3, -0.25) is 0 Å². The summed E-state index contributed by atoms with van der Waals surface area (Å²) in [6.45, 7) is 3.95. The molecule has 2 heterocycles. The van der Waals surface area contributed by atoms with E-state index in [1.54, 1.807) is 11.0 Å². The van der Waals surface area contributed by atoms with E-state index in [4.69, 9.17) is 9.47 Å². The van der Waals surface area contributed by atoms with E-state index in [9.17, 15) is 14.4 Å². The van der Waals surface area contributed by atoms with Gasteiger partial charge in [0, 0.05) is 6.54 Å². The molecule has 0 spiro atoms. The number of halogens is 1. The first-order valence-corrected chi connectivity index (χ1v) is 12.0. The molecule has 4 atom stereocenters. The lowest BCUT2D eigenvalue weighted by Gasteiger charge is -2.34. The van der Waals surface area contributed by atoms with Gasteiger partial charge >= 0.3 is 6.03 Å². The van der Waals surface area contributed by atoms with Crippen LogP contribution in [0.1, 0.15) is 42.1 Å². The monoisotopic (exact) mass is 485 g/mol. The van der Waals surface area contributed by atoms with E-state index in [-0.39, 0.29) is 24.2 Å². The molecule has 3 aromatic carbocycles. The molecule has 2 amide bonds. The Morgan fingerprint density at radius 3 is 2.33 bits per heavy atom. The van der Waals surface area contributed by atoms with Crippen molar-refractivity contribution >= 4 is 6.03 Å². The summed E-state index contributed by atoms with van der Waals surface area (Å²) in [7, 11) is 0. The van der Waals surface area contributed by atoms with Crippen LogP contribution in [0, 0.1) is 17.1 Å². The summed E-state index contributed by atoms with van der Waals surface area (Å²) in [6, 6.07) is 24.9. The second-order valence-corrected chi connectivity index (χ2v) is 9.71. The topological polar surface area (TPSA) is 74.6 Å². The van der Waals surface area contributed by atoms with E-state index < -0.39 is 29.9 Å². The molecule has 0 aliphatic carbocycles. The van der Waals surface area contributed by atoms with Gasteiger partial charge in [-0.25, -0.2) is 9.18 Å². The number of amides is 2. The molecule has 36 heavy (non-hydrogen) atoms. The number of carbonyl (C=O) groups is 1. The number of benzene rings is 3. The Morgan fingerprint density at radius 2 is 1.64 bits per heavy atom. The summed E-state index contributed by atoms with van der Waals surface area (Å²) in [5, 5.41) is 12.5. The SMILES string of the molecule is CC1(C)O[C@H]2[C@@H](Cc3ccccc3)N(Cc3ccc(F)c(C#N)c3)C(=O)NC(c3ccccc3)[C@@H]2O1. The number of hydrogen-bond acceptors (Lipinski definition) is 4. The van der Waals surface area contributed by atoms with E-state index in [1.807, 2.05) is 80.6 Å². The number of fused-ring (bicyclic) bond motifs is 1. The zero-order valence-corrected chi connectivity index (χ0v) is 20.2. The second-order valence-electron chi connectivity index (χ2n) is 9.71. The largest absolute Gasteiger partial charge is 0.342 e.